The lowest BCUT2D eigenvalue weighted by molar-refractivity contribution is 0.174. The Balaban J connectivity index is 2.20. The van der Waals surface area contributed by atoms with Crippen molar-refractivity contribution in [2.75, 3.05) is 47.1 Å². The van der Waals surface area contributed by atoms with Crippen LogP contribution in [0.3, 0.4) is 0 Å². The van der Waals surface area contributed by atoms with E-state index in [9.17, 15) is 0 Å². The third kappa shape index (κ3) is 5.07. The maximum Gasteiger partial charge on any atom is 0.0673 e. The Kier molecular flexibility index (Phi) is 6.64. The fraction of sp³-hybridized carbons (Fsp3) is 0.833. The first-order valence-corrected chi connectivity index (χ1v) is 5.90. The van der Waals surface area contributed by atoms with Gasteiger partial charge in [-0.25, -0.2) is 0 Å². The molecule has 16 heavy (non-hydrogen) atoms. The first-order chi connectivity index (χ1) is 7.76. The lowest BCUT2D eigenvalue weighted by Crippen LogP contribution is -2.40. The second-order valence-corrected chi connectivity index (χ2v) is 4.35. The highest BCUT2D eigenvalue weighted by Crippen LogP contribution is 2.11. The van der Waals surface area contributed by atoms with Crippen LogP contribution in [-0.4, -0.2) is 58.0 Å². The van der Waals surface area contributed by atoms with Crippen molar-refractivity contribution >= 4 is 0 Å². The van der Waals surface area contributed by atoms with E-state index in [0.717, 1.165) is 45.7 Å². The van der Waals surface area contributed by atoms with Gasteiger partial charge in [0, 0.05) is 46.5 Å². The molecule has 0 amide bonds. The van der Waals surface area contributed by atoms with Gasteiger partial charge in [0.15, 0.2) is 0 Å². The minimum atomic E-state index is 0.220. The molecular weight excluding hydrogens is 204 g/mol. The predicted octanol–water partition coefficient (Wildman–Crippen LogP) is 0.629. The number of methoxy groups -OCH3 is 2. The van der Waals surface area contributed by atoms with Crippen molar-refractivity contribution < 1.29 is 9.47 Å². The molecule has 0 aromatic rings. The summed E-state index contributed by atoms with van der Waals surface area (Å²) in [7, 11) is 3.46. The third-order valence-electron chi connectivity index (χ3n) is 2.90. The molecule has 0 saturated heterocycles. The Bertz CT molecular complexity index is 219. The summed E-state index contributed by atoms with van der Waals surface area (Å²) in [6.45, 7) is 4.57. The second-order valence-electron chi connectivity index (χ2n) is 4.35. The summed E-state index contributed by atoms with van der Waals surface area (Å²) >= 11 is 0. The van der Waals surface area contributed by atoms with Gasteiger partial charge in [-0.2, -0.15) is 0 Å². The lowest BCUT2D eigenvalue weighted by atomic mass is 10.1. The molecule has 0 spiro atoms. The summed E-state index contributed by atoms with van der Waals surface area (Å²) in [5, 5.41) is 0. The van der Waals surface area contributed by atoms with Gasteiger partial charge in [0.1, 0.15) is 0 Å². The molecule has 2 N–H and O–H groups in total. The fourth-order valence-electron chi connectivity index (χ4n) is 1.93. The summed E-state index contributed by atoms with van der Waals surface area (Å²) in [5.41, 5.74) is 7.42. The first kappa shape index (κ1) is 13.6. The highest BCUT2D eigenvalue weighted by atomic mass is 16.5. The van der Waals surface area contributed by atoms with E-state index in [0.29, 0.717) is 0 Å². The monoisotopic (exact) mass is 228 g/mol. The molecule has 1 heterocycles. The van der Waals surface area contributed by atoms with E-state index < -0.39 is 0 Å². The van der Waals surface area contributed by atoms with Crippen LogP contribution in [0.1, 0.15) is 12.8 Å². The largest absolute Gasteiger partial charge is 0.385 e. The lowest BCUT2D eigenvalue weighted by Gasteiger charge is -2.28. The normalized spacial score (nSPS) is 19.6. The van der Waals surface area contributed by atoms with Crippen LogP contribution < -0.4 is 5.73 Å². The van der Waals surface area contributed by atoms with Gasteiger partial charge in [0.25, 0.3) is 0 Å². The Morgan fingerprint density at radius 3 is 2.81 bits per heavy atom. The van der Waals surface area contributed by atoms with Crippen molar-refractivity contribution in [2.45, 2.75) is 18.9 Å². The maximum atomic E-state index is 6.02. The Morgan fingerprint density at radius 2 is 2.25 bits per heavy atom. The number of hydrogen-bond acceptors (Lipinski definition) is 4. The molecular formula is C12H24N2O2. The molecule has 0 saturated carbocycles. The van der Waals surface area contributed by atoms with Crippen molar-refractivity contribution in [3.8, 4) is 0 Å². The van der Waals surface area contributed by atoms with Crippen molar-refractivity contribution in [1.82, 2.24) is 4.90 Å². The summed E-state index contributed by atoms with van der Waals surface area (Å²) in [5.74, 6) is 0. The van der Waals surface area contributed by atoms with Crippen molar-refractivity contribution in [1.29, 1.82) is 0 Å². The summed E-state index contributed by atoms with van der Waals surface area (Å²) < 4.78 is 10.1. The molecule has 0 radical (unpaired) electrons. The molecule has 4 heteroatoms. The van der Waals surface area contributed by atoms with Crippen LogP contribution >= 0.6 is 0 Å². The van der Waals surface area contributed by atoms with E-state index in [2.05, 4.69) is 11.0 Å². The average molecular weight is 228 g/mol. The van der Waals surface area contributed by atoms with E-state index >= 15 is 0 Å². The van der Waals surface area contributed by atoms with Gasteiger partial charge in [-0.05, 0) is 18.4 Å². The Labute approximate surface area is 98.4 Å². The molecule has 1 aliphatic heterocycles. The van der Waals surface area contributed by atoms with E-state index in [4.69, 9.17) is 15.2 Å². The van der Waals surface area contributed by atoms with Gasteiger partial charge in [-0.1, -0.05) is 6.08 Å². The number of ether oxygens (including phenoxy) is 2. The topological polar surface area (TPSA) is 47.7 Å². The van der Waals surface area contributed by atoms with Gasteiger partial charge in [0.05, 0.1) is 6.61 Å². The Morgan fingerprint density at radius 1 is 1.44 bits per heavy atom. The molecule has 1 rings (SSSR count). The molecule has 0 aromatic heterocycles. The number of rotatable bonds is 7. The fourth-order valence-corrected chi connectivity index (χ4v) is 1.93. The minimum absolute atomic E-state index is 0.220. The van der Waals surface area contributed by atoms with Crippen molar-refractivity contribution in [3.63, 3.8) is 0 Å². The number of nitrogens with two attached hydrogens (primary N) is 1. The molecule has 4 nitrogen and oxygen atoms in total. The molecule has 1 unspecified atom stereocenters. The van der Waals surface area contributed by atoms with Crippen molar-refractivity contribution in [3.05, 3.63) is 11.6 Å². The molecule has 0 bridgehead atoms. The van der Waals surface area contributed by atoms with Crippen LogP contribution in [0.2, 0.25) is 0 Å². The summed E-state index contributed by atoms with van der Waals surface area (Å²) in [4.78, 5) is 2.39. The highest BCUT2D eigenvalue weighted by Gasteiger charge is 2.14. The standard InChI is InChI=1S/C12H24N2O2/c1-15-8-5-12(13)9-14-6-3-11(4-7-14)10-16-2/h3,12H,4-10,13H2,1-2H3. The van der Waals surface area contributed by atoms with Gasteiger partial charge in [-0.15, -0.1) is 0 Å². The molecule has 0 aliphatic carbocycles. The highest BCUT2D eigenvalue weighted by molar-refractivity contribution is 5.07. The molecule has 1 aliphatic rings. The van der Waals surface area contributed by atoms with E-state index in [-0.39, 0.29) is 6.04 Å². The van der Waals surface area contributed by atoms with Crippen LogP contribution in [0, 0.1) is 0 Å². The molecule has 0 aromatic carbocycles. The van der Waals surface area contributed by atoms with Crippen LogP contribution in [0.25, 0.3) is 0 Å². The van der Waals surface area contributed by atoms with Crippen LogP contribution in [-0.2, 0) is 9.47 Å². The second kappa shape index (κ2) is 7.79. The number of nitrogens with zero attached hydrogens (tertiary/aromatic N) is 1. The molecule has 0 fully saturated rings. The zero-order valence-corrected chi connectivity index (χ0v) is 10.4. The van der Waals surface area contributed by atoms with Crippen LogP contribution in [0.4, 0.5) is 0 Å². The van der Waals surface area contributed by atoms with Crippen LogP contribution in [0.5, 0.6) is 0 Å². The van der Waals surface area contributed by atoms with Crippen molar-refractivity contribution in [2.24, 2.45) is 5.73 Å². The summed E-state index contributed by atoms with van der Waals surface area (Å²) in [6, 6.07) is 0.220. The Hall–Kier alpha value is -0.420. The average Bonchev–Trinajstić information content (AvgIpc) is 2.29. The van der Waals surface area contributed by atoms with Gasteiger partial charge in [0.2, 0.25) is 0 Å². The first-order valence-electron chi connectivity index (χ1n) is 5.90. The molecule has 1 atom stereocenters. The minimum Gasteiger partial charge on any atom is -0.385 e. The maximum absolute atomic E-state index is 6.02. The quantitative estimate of drug-likeness (QED) is 0.649. The van der Waals surface area contributed by atoms with Crippen LogP contribution in [0.15, 0.2) is 11.6 Å². The predicted molar refractivity (Wildman–Crippen MR) is 65.5 cm³/mol. The summed E-state index contributed by atoms with van der Waals surface area (Å²) in [6.07, 6.45) is 4.29. The molecule has 94 valence electrons. The van der Waals surface area contributed by atoms with E-state index in [1.807, 2.05) is 0 Å². The zero-order valence-electron chi connectivity index (χ0n) is 10.4. The van der Waals surface area contributed by atoms with Gasteiger partial charge >= 0.3 is 0 Å². The third-order valence-corrected chi connectivity index (χ3v) is 2.90. The van der Waals surface area contributed by atoms with E-state index in [1.165, 1.54) is 5.57 Å². The SMILES string of the molecule is COCCC(N)CN1CC=C(COC)CC1. The van der Waals surface area contributed by atoms with Gasteiger partial charge < -0.3 is 15.2 Å². The smallest absolute Gasteiger partial charge is 0.0673 e. The zero-order chi connectivity index (χ0) is 11.8. The van der Waals surface area contributed by atoms with E-state index in [1.54, 1.807) is 14.2 Å². The number of hydrogen-bond donors (Lipinski definition) is 1. The van der Waals surface area contributed by atoms with Gasteiger partial charge in [-0.3, -0.25) is 4.90 Å².